The van der Waals surface area contributed by atoms with Crippen LogP contribution in [0.3, 0.4) is 0 Å². The summed E-state index contributed by atoms with van der Waals surface area (Å²) in [6, 6.07) is 5.83. The molecule has 0 saturated heterocycles. The highest BCUT2D eigenvalue weighted by atomic mass is 35.5. The molecule has 1 aromatic carbocycles. The zero-order chi connectivity index (χ0) is 13.4. The number of benzene rings is 1. The van der Waals surface area contributed by atoms with Gasteiger partial charge in [-0.1, -0.05) is 18.5 Å². The van der Waals surface area contributed by atoms with E-state index < -0.39 is 0 Å². The smallest absolute Gasteiger partial charge is 0.142 e. The molecule has 0 aromatic heterocycles. The van der Waals surface area contributed by atoms with Gasteiger partial charge in [0.1, 0.15) is 5.75 Å². The molecule has 0 saturated carbocycles. The molecule has 0 spiro atoms. The molecule has 1 aromatic rings. The van der Waals surface area contributed by atoms with Crippen molar-refractivity contribution in [2.24, 2.45) is 0 Å². The lowest BCUT2D eigenvalue weighted by atomic mass is 10.2. The maximum Gasteiger partial charge on any atom is 0.142 e. The number of ether oxygens (including phenoxy) is 2. The normalized spacial score (nSPS) is 12.2. The Morgan fingerprint density at radius 2 is 2.11 bits per heavy atom. The predicted octanol–water partition coefficient (Wildman–Crippen LogP) is 3.97. The molecule has 0 aliphatic rings. The van der Waals surface area contributed by atoms with Gasteiger partial charge in [-0.3, -0.25) is 0 Å². The van der Waals surface area contributed by atoms with E-state index in [4.69, 9.17) is 21.1 Å². The molecule has 4 heteroatoms. The highest BCUT2D eigenvalue weighted by Gasteiger charge is 2.08. The summed E-state index contributed by atoms with van der Waals surface area (Å²) in [7, 11) is 0. The summed E-state index contributed by atoms with van der Waals surface area (Å²) in [6.45, 7) is 8.23. The van der Waals surface area contributed by atoms with Gasteiger partial charge in [-0.05, 0) is 38.5 Å². The first-order valence-corrected chi connectivity index (χ1v) is 6.81. The number of anilines is 1. The molecule has 0 bridgehead atoms. The first-order chi connectivity index (χ1) is 8.67. The van der Waals surface area contributed by atoms with Gasteiger partial charge >= 0.3 is 0 Å². The van der Waals surface area contributed by atoms with E-state index in [-0.39, 0.29) is 6.04 Å². The Labute approximate surface area is 114 Å². The lowest BCUT2D eigenvalue weighted by Gasteiger charge is -2.18. The van der Waals surface area contributed by atoms with Crippen LogP contribution in [0, 0.1) is 0 Å². The van der Waals surface area contributed by atoms with E-state index in [1.165, 1.54) is 0 Å². The van der Waals surface area contributed by atoms with Gasteiger partial charge in [0.25, 0.3) is 0 Å². The number of halogens is 1. The predicted molar refractivity (Wildman–Crippen MR) is 76.8 cm³/mol. The highest BCUT2D eigenvalue weighted by Crippen LogP contribution is 2.28. The number of nitrogens with one attached hydrogen (secondary N) is 1. The summed E-state index contributed by atoms with van der Waals surface area (Å²) in [4.78, 5) is 0. The standard InChI is InChI=1S/C14H22ClNO2/c1-4-8-18-14-7-6-12(15)9-13(14)16-11(3)10-17-5-2/h6-7,9,11,16H,4-5,8,10H2,1-3H3. The van der Waals surface area contributed by atoms with E-state index in [9.17, 15) is 0 Å². The first-order valence-electron chi connectivity index (χ1n) is 6.44. The Hall–Kier alpha value is -0.930. The quantitative estimate of drug-likeness (QED) is 0.776. The van der Waals surface area contributed by atoms with Crippen LogP contribution in [-0.4, -0.2) is 25.9 Å². The molecule has 1 atom stereocenters. The van der Waals surface area contributed by atoms with Crippen molar-refractivity contribution >= 4 is 17.3 Å². The van der Waals surface area contributed by atoms with Crippen LogP contribution >= 0.6 is 11.6 Å². The summed E-state index contributed by atoms with van der Waals surface area (Å²) in [5.74, 6) is 0.838. The second-order valence-corrected chi connectivity index (χ2v) is 4.63. The molecule has 0 fully saturated rings. The molecular weight excluding hydrogens is 250 g/mol. The molecule has 0 aliphatic carbocycles. The average Bonchev–Trinajstić information content (AvgIpc) is 2.35. The zero-order valence-corrected chi connectivity index (χ0v) is 12.1. The van der Waals surface area contributed by atoms with Crippen molar-refractivity contribution in [3.05, 3.63) is 23.2 Å². The van der Waals surface area contributed by atoms with Gasteiger partial charge in [-0.2, -0.15) is 0 Å². The van der Waals surface area contributed by atoms with Crippen LogP contribution in [0.15, 0.2) is 18.2 Å². The van der Waals surface area contributed by atoms with Crippen molar-refractivity contribution in [1.82, 2.24) is 0 Å². The summed E-state index contributed by atoms with van der Waals surface area (Å²) in [6.07, 6.45) is 0.983. The lowest BCUT2D eigenvalue weighted by Crippen LogP contribution is -2.22. The van der Waals surface area contributed by atoms with Crippen molar-refractivity contribution in [3.63, 3.8) is 0 Å². The van der Waals surface area contributed by atoms with Crippen LogP contribution in [0.4, 0.5) is 5.69 Å². The molecule has 1 N–H and O–H groups in total. The summed E-state index contributed by atoms with van der Waals surface area (Å²) in [5.41, 5.74) is 0.920. The van der Waals surface area contributed by atoms with Gasteiger partial charge in [0.15, 0.2) is 0 Å². The fourth-order valence-electron chi connectivity index (χ4n) is 1.55. The van der Waals surface area contributed by atoms with Crippen LogP contribution in [0.5, 0.6) is 5.75 Å². The van der Waals surface area contributed by atoms with E-state index in [0.29, 0.717) is 18.2 Å². The van der Waals surface area contributed by atoms with Crippen LogP contribution in [0.1, 0.15) is 27.2 Å². The molecule has 18 heavy (non-hydrogen) atoms. The minimum absolute atomic E-state index is 0.215. The van der Waals surface area contributed by atoms with Crippen LogP contribution in [0.25, 0.3) is 0 Å². The number of hydrogen-bond acceptors (Lipinski definition) is 3. The average molecular weight is 272 g/mol. The Balaban J connectivity index is 2.68. The van der Waals surface area contributed by atoms with Crippen LogP contribution < -0.4 is 10.1 Å². The molecule has 102 valence electrons. The zero-order valence-electron chi connectivity index (χ0n) is 11.3. The van der Waals surface area contributed by atoms with E-state index in [1.54, 1.807) is 0 Å². The maximum absolute atomic E-state index is 6.01. The molecule has 3 nitrogen and oxygen atoms in total. The third kappa shape index (κ3) is 5.15. The number of hydrogen-bond donors (Lipinski definition) is 1. The van der Waals surface area contributed by atoms with Crippen molar-refractivity contribution < 1.29 is 9.47 Å². The minimum atomic E-state index is 0.215. The van der Waals surface area contributed by atoms with E-state index in [1.807, 2.05) is 25.1 Å². The van der Waals surface area contributed by atoms with Crippen molar-refractivity contribution in [2.75, 3.05) is 25.1 Å². The lowest BCUT2D eigenvalue weighted by molar-refractivity contribution is 0.141. The molecule has 1 unspecified atom stereocenters. The first kappa shape index (κ1) is 15.1. The van der Waals surface area contributed by atoms with E-state index in [0.717, 1.165) is 24.5 Å². The Morgan fingerprint density at radius 1 is 1.33 bits per heavy atom. The molecular formula is C14H22ClNO2. The van der Waals surface area contributed by atoms with Crippen LogP contribution in [0.2, 0.25) is 5.02 Å². The third-order valence-corrected chi connectivity index (χ3v) is 2.61. The van der Waals surface area contributed by atoms with Gasteiger partial charge in [-0.25, -0.2) is 0 Å². The summed E-state index contributed by atoms with van der Waals surface area (Å²) >= 11 is 6.01. The Bertz CT molecular complexity index is 358. The monoisotopic (exact) mass is 271 g/mol. The minimum Gasteiger partial charge on any atom is -0.491 e. The van der Waals surface area contributed by atoms with Gasteiger partial charge in [0, 0.05) is 17.7 Å². The molecule has 1 rings (SSSR count). The van der Waals surface area contributed by atoms with Crippen molar-refractivity contribution in [2.45, 2.75) is 33.2 Å². The van der Waals surface area contributed by atoms with Gasteiger partial charge in [0.2, 0.25) is 0 Å². The second kappa shape index (κ2) is 8.22. The molecule has 0 radical (unpaired) electrons. The SMILES string of the molecule is CCCOc1ccc(Cl)cc1NC(C)COCC. The topological polar surface area (TPSA) is 30.5 Å². The van der Waals surface area contributed by atoms with Crippen molar-refractivity contribution in [1.29, 1.82) is 0 Å². The number of rotatable bonds is 8. The van der Waals surface area contributed by atoms with Crippen molar-refractivity contribution in [3.8, 4) is 5.75 Å². The maximum atomic E-state index is 6.01. The highest BCUT2D eigenvalue weighted by molar-refractivity contribution is 6.30. The van der Waals surface area contributed by atoms with E-state index in [2.05, 4.69) is 19.2 Å². The third-order valence-electron chi connectivity index (χ3n) is 2.38. The van der Waals surface area contributed by atoms with Crippen LogP contribution in [-0.2, 0) is 4.74 Å². The molecule has 0 amide bonds. The second-order valence-electron chi connectivity index (χ2n) is 4.19. The van der Waals surface area contributed by atoms with E-state index >= 15 is 0 Å². The molecule has 0 heterocycles. The summed E-state index contributed by atoms with van der Waals surface area (Å²) < 4.78 is 11.1. The largest absolute Gasteiger partial charge is 0.491 e. The fraction of sp³-hybridized carbons (Fsp3) is 0.571. The van der Waals surface area contributed by atoms with Gasteiger partial charge in [0.05, 0.1) is 18.9 Å². The Morgan fingerprint density at radius 3 is 2.78 bits per heavy atom. The molecule has 0 aliphatic heterocycles. The van der Waals surface area contributed by atoms with Gasteiger partial charge < -0.3 is 14.8 Å². The Kier molecular flexibility index (Phi) is 6.91. The fourth-order valence-corrected chi connectivity index (χ4v) is 1.73. The summed E-state index contributed by atoms with van der Waals surface area (Å²) in [5, 5.41) is 4.06. The van der Waals surface area contributed by atoms with Gasteiger partial charge in [-0.15, -0.1) is 0 Å².